The lowest BCUT2D eigenvalue weighted by atomic mass is 10.1. The molecule has 1 unspecified atom stereocenters. The Morgan fingerprint density at radius 3 is 2.00 bits per heavy atom. The molecule has 0 heterocycles. The van der Waals surface area contributed by atoms with E-state index < -0.39 is 0 Å². The fourth-order valence-corrected chi connectivity index (χ4v) is 1.63. The summed E-state index contributed by atoms with van der Waals surface area (Å²) >= 11 is 0. The third-order valence-electron chi connectivity index (χ3n) is 2.46. The lowest BCUT2D eigenvalue weighted by molar-refractivity contribution is 0.196. The second-order valence-corrected chi connectivity index (χ2v) is 5.30. The molecule has 0 aromatic carbocycles. The van der Waals surface area contributed by atoms with Crippen LogP contribution in [0.1, 0.15) is 20.8 Å². The van der Waals surface area contributed by atoms with Crippen molar-refractivity contribution in [3.63, 3.8) is 0 Å². The van der Waals surface area contributed by atoms with Gasteiger partial charge in [0, 0.05) is 26.2 Å². The molecule has 0 fully saturated rings. The van der Waals surface area contributed by atoms with Crippen LogP contribution >= 0.6 is 0 Å². The molecule has 0 amide bonds. The molecule has 0 aliphatic heterocycles. The molecule has 0 radical (unpaired) electrons. The van der Waals surface area contributed by atoms with Crippen molar-refractivity contribution in [3.05, 3.63) is 0 Å². The molecule has 0 saturated heterocycles. The van der Waals surface area contributed by atoms with Crippen molar-refractivity contribution in [1.82, 2.24) is 9.80 Å². The van der Waals surface area contributed by atoms with E-state index in [4.69, 9.17) is 5.73 Å². The van der Waals surface area contributed by atoms with Crippen LogP contribution in [0, 0.1) is 11.8 Å². The van der Waals surface area contributed by atoms with Crippen molar-refractivity contribution >= 4 is 0 Å². The van der Waals surface area contributed by atoms with Gasteiger partial charge < -0.3 is 15.5 Å². The fraction of sp³-hybridized carbons (Fsp3) is 1.00. The Bertz CT molecular complexity index is 146. The van der Waals surface area contributed by atoms with Crippen LogP contribution in [0.2, 0.25) is 0 Å². The molecular weight excluding hydrogens is 186 g/mol. The second kappa shape index (κ2) is 8.08. The first kappa shape index (κ1) is 14.9. The van der Waals surface area contributed by atoms with Gasteiger partial charge in [0.15, 0.2) is 0 Å². The van der Waals surface area contributed by atoms with E-state index in [0.717, 1.165) is 32.1 Å². The molecule has 15 heavy (non-hydrogen) atoms. The van der Waals surface area contributed by atoms with E-state index in [1.54, 1.807) is 0 Å². The summed E-state index contributed by atoms with van der Waals surface area (Å²) in [5, 5.41) is 0. The number of likely N-dealkylation sites (N-methyl/N-ethyl adjacent to an activating group) is 1. The maximum atomic E-state index is 5.67. The molecule has 0 bridgehead atoms. The highest BCUT2D eigenvalue weighted by atomic mass is 15.2. The first-order chi connectivity index (χ1) is 6.95. The standard InChI is InChI=1S/C12H29N3/c1-11(2)9-15(7-6-14(4)5)10-12(3)8-13/h11-12H,6-10,13H2,1-5H3. The molecular formula is C12H29N3. The Labute approximate surface area is 95.6 Å². The van der Waals surface area contributed by atoms with E-state index >= 15 is 0 Å². The smallest absolute Gasteiger partial charge is 0.0109 e. The van der Waals surface area contributed by atoms with E-state index in [-0.39, 0.29) is 0 Å². The zero-order chi connectivity index (χ0) is 11.8. The summed E-state index contributed by atoms with van der Waals surface area (Å²) in [7, 11) is 4.25. The largest absolute Gasteiger partial charge is 0.330 e. The van der Waals surface area contributed by atoms with Crippen LogP contribution in [0.4, 0.5) is 0 Å². The second-order valence-electron chi connectivity index (χ2n) is 5.30. The average Bonchev–Trinajstić information content (AvgIpc) is 2.13. The summed E-state index contributed by atoms with van der Waals surface area (Å²) < 4.78 is 0. The molecule has 0 saturated carbocycles. The Morgan fingerprint density at radius 2 is 1.60 bits per heavy atom. The highest BCUT2D eigenvalue weighted by molar-refractivity contribution is 4.66. The molecule has 92 valence electrons. The van der Waals surface area contributed by atoms with Crippen molar-refractivity contribution in [3.8, 4) is 0 Å². The van der Waals surface area contributed by atoms with E-state index in [1.807, 2.05) is 0 Å². The van der Waals surface area contributed by atoms with Crippen LogP contribution in [0.25, 0.3) is 0 Å². The van der Waals surface area contributed by atoms with Gasteiger partial charge in [-0.15, -0.1) is 0 Å². The van der Waals surface area contributed by atoms with Gasteiger partial charge in [-0.05, 0) is 32.5 Å². The summed E-state index contributed by atoms with van der Waals surface area (Å²) in [4.78, 5) is 4.77. The van der Waals surface area contributed by atoms with E-state index in [2.05, 4.69) is 44.7 Å². The monoisotopic (exact) mass is 215 g/mol. The van der Waals surface area contributed by atoms with Gasteiger partial charge in [0.05, 0.1) is 0 Å². The van der Waals surface area contributed by atoms with Crippen molar-refractivity contribution in [2.24, 2.45) is 17.6 Å². The van der Waals surface area contributed by atoms with Crippen LogP contribution in [-0.4, -0.2) is 56.6 Å². The third-order valence-corrected chi connectivity index (χ3v) is 2.46. The molecule has 3 nitrogen and oxygen atoms in total. The number of rotatable bonds is 8. The minimum Gasteiger partial charge on any atom is -0.330 e. The Morgan fingerprint density at radius 1 is 1.00 bits per heavy atom. The van der Waals surface area contributed by atoms with E-state index in [9.17, 15) is 0 Å². The van der Waals surface area contributed by atoms with Gasteiger partial charge in [0.25, 0.3) is 0 Å². The summed E-state index contributed by atoms with van der Waals surface area (Å²) in [6.45, 7) is 12.1. The summed E-state index contributed by atoms with van der Waals surface area (Å²) in [5.74, 6) is 1.34. The molecule has 0 aromatic rings. The predicted molar refractivity (Wildman–Crippen MR) is 68.1 cm³/mol. The Balaban J connectivity index is 3.94. The van der Waals surface area contributed by atoms with Gasteiger partial charge in [-0.1, -0.05) is 20.8 Å². The van der Waals surface area contributed by atoms with Crippen LogP contribution in [0.5, 0.6) is 0 Å². The zero-order valence-corrected chi connectivity index (χ0v) is 11.2. The van der Waals surface area contributed by atoms with Crippen molar-refractivity contribution in [2.75, 3.05) is 46.8 Å². The Kier molecular flexibility index (Phi) is 8.02. The SMILES string of the molecule is CC(C)CN(CCN(C)C)CC(C)CN. The summed E-state index contributed by atoms with van der Waals surface area (Å²) in [6.07, 6.45) is 0. The van der Waals surface area contributed by atoms with Crippen molar-refractivity contribution in [1.29, 1.82) is 0 Å². The molecule has 0 aromatic heterocycles. The van der Waals surface area contributed by atoms with Crippen molar-refractivity contribution in [2.45, 2.75) is 20.8 Å². The van der Waals surface area contributed by atoms with Gasteiger partial charge in [0.2, 0.25) is 0 Å². The molecule has 0 spiro atoms. The highest BCUT2D eigenvalue weighted by Gasteiger charge is 2.10. The van der Waals surface area contributed by atoms with Crippen LogP contribution in [0.3, 0.4) is 0 Å². The van der Waals surface area contributed by atoms with Gasteiger partial charge in [0.1, 0.15) is 0 Å². The quantitative estimate of drug-likeness (QED) is 0.658. The normalized spacial score (nSPS) is 14.2. The Hall–Kier alpha value is -0.120. The van der Waals surface area contributed by atoms with Gasteiger partial charge in [-0.3, -0.25) is 0 Å². The first-order valence-electron chi connectivity index (χ1n) is 6.02. The van der Waals surface area contributed by atoms with Gasteiger partial charge >= 0.3 is 0 Å². The number of hydrogen-bond donors (Lipinski definition) is 1. The maximum Gasteiger partial charge on any atom is 0.0109 e. The highest BCUT2D eigenvalue weighted by Crippen LogP contribution is 2.03. The maximum absolute atomic E-state index is 5.67. The molecule has 1 atom stereocenters. The topological polar surface area (TPSA) is 32.5 Å². The first-order valence-corrected chi connectivity index (χ1v) is 6.02. The average molecular weight is 215 g/mol. The van der Waals surface area contributed by atoms with Crippen LogP contribution in [-0.2, 0) is 0 Å². The van der Waals surface area contributed by atoms with E-state index in [0.29, 0.717) is 5.92 Å². The lowest BCUT2D eigenvalue weighted by Gasteiger charge is -2.28. The van der Waals surface area contributed by atoms with Crippen LogP contribution < -0.4 is 5.73 Å². The minimum absolute atomic E-state index is 0.603. The summed E-state index contributed by atoms with van der Waals surface area (Å²) in [5.41, 5.74) is 5.67. The zero-order valence-electron chi connectivity index (χ0n) is 11.2. The predicted octanol–water partition coefficient (Wildman–Crippen LogP) is 1.10. The molecule has 0 aliphatic rings. The van der Waals surface area contributed by atoms with Crippen molar-refractivity contribution < 1.29 is 0 Å². The molecule has 3 heteroatoms. The number of hydrogen-bond acceptors (Lipinski definition) is 3. The molecule has 0 aliphatic carbocycles. The van der Waals surface area contributed by atoms with Crippen LogP contribution in [0.15, 0.2) is 0 Å². The van der Waals surface area contributed by atoms with Gasteiger partial charge in [-0.25, -0.2) is 0 Å². The van der Waals surface area contributed by atoms with E-state index in [1.165, 1.54) is 6.54 Å². The van der Waals surface area contributed by atoms with Gasteiger partial charge in [-0.2, -0.15) is 0 Å². The number of nitrogens with zero attached hydrogens (tertiary/aromatic N) is 2. The lowest BCUT2D eigenvalue weighted by Crippen LogP contribution is -2.38. The number of nitrogens with two attached hydrogens (primary N) is 1. The fourth-order valence-electron chi connectivity index (χ4n) is 1.63. The molecule has 2 N–H and O–H groups in total. The third kappa shape index (κ3) is 8.85. The summed E-state index contributed by atoms with van der Waals surface area (Å²) in [6, 6.07) is 0. The molecule has 0 rings (SSSR count). The minimum atomic E-state index is 0.603.